The second-order valence-electron chi connectivity index (χ2n) is 4.43. The minimum absolute atomic E-state index is 0.475. The lowest BCUT2D eigenvalue weighted by Gasteiger charge is -2.18. The van der Waals surface area contributed by atoms with E-state index in [0.29, 0.717) is 35.8 Å². The number of fused-ring (bicyclic) bond motifs is 1. The molecule has 0 unspecified atom stereocenters. The lowest BCUT2D eigenvalue weighted by molar-refractivity contribution is -0.137. The first kappa shape index (κ1) is 12.8. The van der Waals surface area contributed by atoms with E-state index >= 15 is 0 Å². The summed E-state index contributed by atoms with van der Waals surface area (Å²) in [5.74, 6) is 0.479. The van der Waals surface area contributed by atoms with Crippen LogP contribution in [0, 0.1) is 0 Å². The molecule has 2 aromatic rings. The van der Waals surface area contributed by atoms with E-state index in [-0.39, 0.29) is 0 Å². The SMILES string of the molecule is FC(F)(F)c1cccc(-c2cnc3c(c2)NCCO3)c1. The highest BCUT2D eigenvalue weighted by Crippen LogP contribution is 2.34. The number of hydrogen-bond acceptors (Lipinski definition) is 3. The highest BCUT2D eigenvalue weighted by atomic mass is 19.4. The number of anilines is 1. The molecule has 1 aliphatic heterocycles. The van der Waals surface area contributed by atoms with Crippen LogP contribution in [0.15, 0.2) is 36.5 Å². The molecule has 1 aromatic carbocycles. The predicted octanol–water partition coefficient (Wildman–Crippen LogP) is 3.57. The van der Waals surface area contributed by atoms with Gasteiger partial charge in [0.25, 0.3) is 0 Å². The van der Waals surface area contributed by atoms with E-state index in [1.165, 1.54) is 12.3 Å². The number of pyridine rings is 1. The van der Waals surface area contributed by atoms with Crippen molar-refractivity contribution < 1.29 is 17.9 Å². The van der Waals surface area contributed by atoms with Gasteiger partial charge in [0.15, 0.2) is 0 Å². The number of rotatable bonds is 1. The molecule has 1 aliphatic rings. The smallest absolute Gasteiger partial charge is 0.416 e. The largest absolute Gasteiger partial charge is 0.474 e. The van der Waals surface area contributed by atoms with Gasteiger partial charge in [-0.25, -0.2) is 4.98 Å². The molecular weight excluding hydrogens is 269 g/mol. The van der Waals surface area contributed by atoms with Gasteiger partial charge < -0.3 is 10.1 Å². The summed E-state index contributed by atoms with van der Waals surface area (Å²) in [6.45, 7) is 1.18. The zero-order valence-corrected chi connectivity index (χ0v) is 10.4. The van der Waals surface area contributed by atoms with Crippen LogP contribution in [0.3, 0.4) is 0 Å². The summed E-state index contributed by atoms with van der Waals surface area (Å²) in [6, 6.07) is 6.94. The Balaban J connectivity index is 2.01. The summed E-state index contributed by atoms with van der Waals surface area (Å²) in [6.07, 6.45) is -2.83. The van der Waals surface area contributed by atoms with E-state index in [1.54, 1.807) is 12.1 Å². The van der Waals surface area contributed by atoms with Gasteiger partial charge in [0.05, 0.1) is 11.3 Å². The van der Waals surface area contributed by atoms with Gasteiger partial charge in [-0.2, -0.15) is 13.2 Å². The molecule has 0 saturated carbocycles. The van der Waals surface area contributed by atoms with E-state index in [0.717, 1.165) is 12.1 Å². The monoisotopic (exact) mass is 280 g/mol. The quantitative estimate of drug-likeness (QED) is 0.867. The maximum Gasteiger partial charge on any atom is 0.416 e. The van der Waals surface area contributed by atoms with E-state index in [9.17, 15) is 13.2 Å². The fourth-order valence-corrected chi connectivity index (χ4v) is 2.06. The van der Waals surface area contributed by atoms with Crippen molar-refractivity contribution in [2.45, 2.75) is 6.18 Å². The summed E-state index contributed by atoms with van der Waals surface area (Å²) < 4.78 is 43.5. The average Bonchev–Trinajstić information content (AvgIpc) is 2.46. The van der Waals surface area contributed by atoms with Crippen LogP contribution in [-0.4, -0.2) is 18.1 Å². The molecule has 0 atom stereocenters. The summed E-state index contributed by atoms with van der Waals surface area (Å²) >= 11 is 0. The molecule has 0 amide bonds. The highest BCUT2D eigenvalue weighted by molar-refractivity contribution is 5.70. The maximum absolute atomic E-state index is 12.7. The van der Waals surface area contributed by atoms with E-state index in [4.69, 9.17) is 4.74 Å². The average molecular weight is 280 g/mol. The molecule has 1 N–H and O–H groups in total. The zero-order chi connectivity index (χ0) is 14.2. The normalized spacial score (nSPS) is 14.2. The Morgan fingerprint density at radius 3 is 2.80 bits per heavy atom. The van der Waals surface area contributed by atoms with Gasteiger partial charge >= 0.3 is 6.18 Å². The van der Waals surface area contributed by atoms with Crippen LogP contribution in [0.1, 0.15) is 5.56 Å². The van der Waals surface area contributed by atoms with Gasteiger partial charge in [-0.3, -0.25) is 0 Å². The van der Waals surface area contributed by atoms with Gasteiger partial charge in [-0.1, -0.05) is 12.1 Å². The number of ether oxygens (including phenoxy) is 1. The fraction of sp³-hybridized carbons (Fsp3) is 0.214. The summed E-state index contributed by atoms with van der Waals surface area (Å²) in [5, 5.41) is 3.11. The topological polar surface area (TPSA) is 34.2 Å². The number of halogens is 3. The van der Waals surface area contributed by atoms with Crippen LogP contribution in [0.5, 0.6) is 5.88 Å². The molecule has 0 saturated heterocycles. The maximum atomic E-state index is 12.7. The second kappa shape index (κ2) is 4.70. The Morgan fingerprint density at radius 2 is 2.00 bits per heavy atom. The number of nitrogens with zero attached hydrogens (tertiary/aromatic N) is 1. The molecule has 3 nitrogen and oxygen atoms in total. The molecule has 104 valence electrons. The van der Waals surface area contributed by atoms with E-state index in [2.05, 4.69) is 10.3 Å². The molecule has 6 heteroatoms. The summed E-state index contributed by atoms with van der Waals surface area (Å²) in [4.78, 5) is 4.12. The van der Waals surface area contributed by atoms with E-state index in [1.807, 2.05) is 0 Å². The number of benzene rings is 1. The molecule has 0 aliphatic carbocycles. The molecule has 20 heavy (non-hydrogen) atoms. The molecule has 2 heterocycles. The van der Waals surface area contributed by atoms with Crippen LogP contribution in [0.25, 0.3) is 11.1 Å². The molecular formula is C14H11F3N2O. The third-order valence-electron chi connectivity index (χ3n) is 3.03. The lowest BCUT2D eigenvalue weighted by Crippen LogP contribution is -2.18. The first-order valence-electron chi connectivity index (χ1n) is 6.08. The van der Waals surface area contributed by atoms with Crippen molar-refractivity contribution >= 4 is 5.69 Å². The Labute approximate surface area is 113 Å². The van der Waals surface area contributed by atoms with Crippen molar-refractivity contribution in [2.24, 2.45) is 0 Å². The molecule has 3 rings (SSSR count). The number of aromatic nitrogens is 1. The van der Waals surface area contributed by atoms with Gasteiger partial charge in [-0.15, -0.1) is 0 Å². The Hall–Kier alpha value is -2.24. The van der Waals surface area contributed by atoms with Crippen LogP contribution < -0.4 is 10.1 Å². The lowest BCUT2D eigenvalue weighted by atomic mass is 10.0. The fourth-order valence-electron chi connectivity index (χ4n) is 2.06. The second-order valence-corrected chi connectivity index (χ2v) is 4.43. The number of hydrogen-bond donors (Lipinski definition) is 1. The van der Waals surface area contributed by atoms with Crippen LogP contribution in [-0.2, 0) is 6.18 Å². The van der Waals surface area contributed by atoms with E-state index < -0.39 is 11.7 Å². The minimum atomic E-state index is -4.35. The van der Waals surface area contributed by atoms with Crippen molar-refractivity contribution in [3.63, 3.8) is 0 Å². The van der Waals surface area contributed by atoms with Crippen LogP contribution in [0.2, 0.25) is 0 Å². The van der Waals surface area contributed by atoms with Crippen molar-refractivity contribution in [3.8, 4) is 17.0 Å². The highest BCUT2D eigenvalue weighted by Gasteiger charge is 2.30. The Morgan fingerprint density at radius 1 is 1.15 bits per heavy atom. The Bertz CT molecular complexity index is 641. The summed E-state index contributed by atoms with van der Waals surface area (Å²) in [7, 11) is 0. The number of alkyl halides is 3. The predicted molar refractivity (Wildman–Crippen MR) is 68.7 cm³/mol. The summed E-state index contributed by atoms with van der Waals surface area (Å²) in [5.41, 5.74) is 1.12. The molecule has 0 bridgehead atoms. The third kappa shape index (κ3) is 2.41. The minimum Gasteiger partial charge on any atom is -0.474 e. The third-order valence-corrected chi connectivity index (χ3v) is 3.03. The standard InChI is InChI=1S/C14H11F3N2O/c15-14(16,17)11-3-1-2-9(6-11)10-7-12-13(19-8-10)20-5-4-18-12/h1-3,6-8,18H,4-5H2. The van der Waals surface area contributed by atoms with Crippen LogP contribution in [0.4, 0.5) is 18.9 Å². The van der Waals surface area contributed by atoms with Crippen molar-refractivity contribution in [1.82, 2.24) is 4.98 Å². The first-order valence-corrected chi connectivity index (χ1v) is 6.08. The van der Waals surface area contributed by atoms with Crippen molar-refractivity contribution in [3.05, 3.63) is 42.1 Å². The molecule has 0 spiro atoms. The van der Waals surface area contributed by atoms with Gasteiger partial charge in [0.2, 0.25) is 5.88 Å². The molecule has 0 fully saturated rings. The Kier molecular flexibility index (Phi) is 3.00. The van der Waals surface area contributed by atoms with Crippen molar-refractivity contribution in [1.29, 1.82) is 0 Å². The van der Waals surface area contributed by atoms with Crippen LogP contribution >= 0.6 is 0 Å². The van der Waals surface area contributed by atoms with Gasteiger partial charge in [-0.05, 0) is 23.8 Å². The first-order chi connectivity index (χ1) is 9.54. The molecule has 1 aromatic heterocycles. The molecule has 0 radical (unpaired) electrons. The van der Waals surface area contributed by atoms with Gasteiger partial charge in [0.1, 0.15) is 6.61 Å². The number of nitrogens with one attached hydrogen (secondary N) is 1. The zero-order valence-electron chi connectivity index (χ0n) is 10.4. The van der Waals surface area contributed by atoms with Crippen molar-refractivity contribution in [2.75, 3.05) is 18.5 Å². The van der Waals surface area contributed by atoms with Gasteiger partial charge in [0, 0.05) is 18.3 Å².